The molecule has 0 bridgehead atoms. The Labute approximate surface area is 172 Å². The van der Waals surface area contributed by atoms with Crippen molar-refractivity contribution in [3.8, 4) is 5.75 Å². The molecule has 1 aliphatic rings. The summed E-state index contributed by atoms with van der Waals surface area (Å²) in [5, 5.41) is 2.94. The van der Waals surface area contributed by atoms with E-state index in [0.717, 1.165) is 29.7 Å². The van der Waals surface area contributed by atoms with Crippen molar-refractivity contribution in [3.05, 3.63) is 53.7 Å². The number of hydrogen-bond acceptors (Lipinski definition) is 4. The van der Waals surface area contributed by atoms with E-state index in [1.54, 1.807) is 19.4 Å². The van der Waals surface area contributed by atoms with Crippen LogP contribution in [0.5, 0.6) is 5.75 Å². The number of benzene rings is 1. The molecule has 1 aliphatic heterocycles. The second-order valence-electron chi connectivity index (χ2n) is 7.51. The highest BCUT2D eigenvalue weighted by Gasteiger charge is 2.40. The number of amides is 2. The van der Waals surface area contributed by atoms with E-state index in [9.17, 15) is 9.59 Å². The third-order valence-electron chi connectivity index (χ3n) is 5.42. The lowest BCUT2D eigenvalue weighted by molar-refractivity contribution is -0.142. The Hall–Kier alpha value is -2.89. The topological polar surface area (TPSA) is 71.5 Å². The summed E-state index contributed by atoms with van der Waals surface area (Å²) in [6, 6.07) is 11.1. The van der Waals surface area contributed by atoms with Gasteiger partial charge in [0.05, 0.1) is 19.1 Å². The minimum absolute atomic E-state index is 0.101. The van der Waals surface area contributed by atoms with Gasteiger partial charge in [0.2, 0.25) is 11.8 Å². The van der Waals surface area contributed by atoms with Gasteiger partial charge in [-0.15, -0.1) is 0 Å². The van der Waals surface area contributed by atoms with Crippen molar-refractivity contribution in [2.75, 3.05) is 19.0 Å². The minimum atomic E-state index is -0.332. The molecule has 6 nitrogen and oxygen atoms in total. The highest BCUT2D eigenvalue weighted by Crippen LogP contribution is 2.38. The molecule has 2 aromatic rings. The number of hydrogen-bond donors (Lipinski definition) is 1. The number of aromatic nitrogens is 1. The van der Waals surface area contributed by atoms with Gasteiger partial charge >= 0.3 is 0 Å². The summed E-state index contributed by atoms with van der Waals surface area (Å²) in [5.74, 6) is 0.959. The predicted molar refractivity (Wildman–Crippen MR) is 113 cm³/mol. The molecule has 0 saturated carbocycles. The molecule has 6 heteroatoms. The molecule has 29 heavy (non-hydrogen) atoms. The van der Waals surface area contributed by atoms with E-state index < -0.39 is 0 Å². The van der Waals surface area contributed by atoms with Gasteiger partial charge in [-0.2, -0.15) is 0 Å². The number of rotatable bonds is 7. The molecule has 0 spiro atoms. The fourth-order valence-corrected chi connectivity index (χ4v) is 3.79. The summed E-state index contributed by atoms with van der Waals surface area (Å²) in [6.45, 7) is 4.71. The average molecular weight is 396 g/mol. The van der Waals surface area contributed by atoms with E-state index in [4.69, 9.17) is 4.74 Å². The van der Waals surface area contributed by atoms with Crippen LogP contribution in [0, 0.1) is 12.8 Å². The van der Waals surface area contributed by atoms with E-state index in [1.165, 1.54) is 0 Å². The Morgan fingerprint density at radius 2 is 2.00 bits per heavy atom. The third-order valence-corrected chi connectivity index (χ3v) is 5.42. The first-order valence-electron chi connectivity index (χ1n) is 10.2. The minimum Gasteiger partial charge on any atom is -0.497 e. The van der Waals surface area contributed by atoms with Crippen LogP contribution >= 0.6 is 0 Å². The molecule has 1 aromatic heterocycles. The van der Waals surface area contributed by atoms with Crippen LogP contribution in [0.4, 0.5) is 5.82 Å². The summed E-state index contributed by atoms with van der Waals surface area (Å²) in [6.07, 6.45) is 4.54. The highest BCUT2D eigenvalue weighted by molar-refractivity contribution is 5.94. The second-order valence-corrected chi connectivity index (χ2v) is 7.51. The van der Waals surface area contributed by atoms with Crippen molar-refractivity contribution in [2.24, 2.45) is 5.92 Å². The number of anilines is 1. The summed E-state index contributed by atoms with van der Waals surface area (Å²) >= 11 is 0. The van der Waals surface area contributed by atoms with Crippen molar-refractivity contribution in [2.45, 2.75) is 45.6 Å². The van der Waals surface area contributed by atoms with Crippen molar-refractivity contribution >= 4 is 17.6 Å². The molecule has 0 unspecified atom stereocenters. The van der Waals surface area contributed by atoms with E-state index in [1.807, 2.05) is 42.2 Å². The molecule has 3 rings (SSSR count). The number of nitrogens with one attached hydrogen (secondary N) is 1. The smallest absolute Gasteiger partial charge is 0.231 e. The number of aryl methyl sites for hydroxylation is 1. The van der Waals surface area contributed by atoms with Crippen LogP contribution in [0.15, 0.2) is 42.6 Å². The first-order valence-corrected chi connectivity index (χ1v) is 10.2. The summed E-state index contributed by atoms with van der Waals surface area (Å²) in [7, 11) is 1.62. The zero-order chi connectivity index (χ0) is 20.8. The number of ether oxygens (including phenoxy) is 1. The molecule has 154 valence electrons. The van der Waals surface area contributed by atoms with Gasteiger partial charge in [0.1, 0.15) is 11.6 Å². The van der Waals surface area contributed by atoms with Crippen LogP contribution in [0.3, 0.4) is 0 Å². The van der Waals surface area contributed by atoms with E-state index >= 15 is 0 Å². The number of piperidine rings is 1. The van der Waals surface area contributed by atoms with Crippen LogP contribution in [0.2, 0.25) is 0 Å². The second kappa shape index (κ2) is 9.54. The lowest BCUT2D eigenvalue weighted by atomic mass is 9.83. The van der Waals surface area contributed by atoms with Gasteiger partial charge in [-0.3, -0.25) is 9.59 Å². The molecule has 2 amide bonds. The average Bonchev–Trinajstić information content (AvgIpc) is 2.74. The summed E-state index contributed by atoms with van der Waals surface area (Å²) in [5.41, 5.74) is 1.99. The molecular weight excluding hydrogens is 366 g/mol. The molecular formula is C23H29N3O3. The van der Waals surface area contributed by atoms with Crippen LogP contribution in [-0.4, -0.2) is 35.4 Å². The summed E-state index contributed by atoms with van der Waals surface area (Å²) in [4.78, 5) is 32.1. The van der Waals surface area contributed by atoms with Gasteiger partial charge < -0.3 is 15.0 Å². The summed E-state index contributed by atoms with van der Waals surface area (Å²) < 4.78 is 5.26. The fraction of sp³-hybridized carbons (Fsp3) is 0.435. The molecule has 1 saturated heterocycles. The number of nitrogens with zero attached hydrogens (tertiary/aromatic N) is 2. The largest absolute Gasteiger partial charge is 0.497 e. The van der Waals surface area contributed by atoms with Gasteiger partial charge in [0.25, 0.3) is 0 Å². The van der Waals surface area contributed by atoms with Crippen LogP contribution in [0.1, 0.15) is 49.8 Å². The number of methoxy groups -OCH3 is 1. The van der Waals surface area contributed by atoms with Gasteiger partial charge in [-0.05, 0) is 49.1 Å². The van der Waals surface area contributed by atoms with Crippen LogP contribution < -0.4 is 10.1 Å². The zero-order valence-electron chi connectivity index (χ0n) is 17.4. The van der Waals surface area contributed by atoms with E-state index in [-0.39, 0.29) is 23.8 Å². The van der Waals surface area contributed by atoms with Crippen molar-refractivity contribution in [3.63, 3.8) is 0 Å². The predicted octanol–water partition coefficient (Wildman–Crippen LogP) is 4.12. The van der Waals surface area contributed by atoms with Crippen molar-refractivity contribution in [1.29, 1.82) is 0 Å². The quantitative estimate of drug-likeness (QED) is 0.766. The molecule has 1 N–H and O–H groups in total. The lowest BCUT2D eigenvalue weighted by Crippen LogP contribution is -2.47. The maximum Gasteiger partial charge on any atom is 0.231 e. The maximum atomic E-state index is 13.2. The SMILES string of the molecule is CCCCN1C(=O)CC[C@@H](C(=O)Nc2ccc(C)cn2)[C@@H]1c1ccc(OC)cc1. The number of unbranched alkanes of at least 4 members (excludes halogenated alkanes) is 1. The monoisotopic (exact) mass is 395 g/mol. The Bertz CT molecular complexity index is 833. The molecule has 0 aliphatic carbocycles. The Balaban J connectivity index is 1.89. The lowest BCUT2D eigenvalue weighted by Gasteiger charge is -2.41. The van der Waals surface area contributed by atoms with Gasteiger partial charge in [0, 0.05) is 19.2 Å². The van der Waals surface area contributed by atoms with Gasteiger partial charge in [-0.1, -0.05) is 31.5 Å². The fourth-order valence-electron chi connectivity index (χ4n) is 3.79. The van der Waals surface area contributed by atoms with Gasteiger partial charge in [0.15, 0.2) is 0 Å². The van der Waals surface area contributed by atoms with E-state index in [0.29, 0.717) is 25.2 Å². The van der Waals surface area contributed by atoms with E-state index in [2.05, 4.69) is 17.2 Å². The molecule has 0 radical (unpaired) electrons. The van der Waals surface area contributed by atoms with Crippen LogP contribution in [-0.2, 0) is 9.59 Å². The zero-order valence-corrected chi connectivity index (χ0v) is 17.4. The Kier molecular flexibility index (Phi) is 6.86. The van der Waals surface area contributed by atoms with Gasteiger partial charge in [-0.25, -0.2) is 4.98 Å². The number of carbonyl (C=O) groups is 2. The number of likely N-dealkylation sites (tertiary alicyclic amines) is 1. The molecule has 1 aromatic carbocycles. The van der Waals surface area contributed by atoms with Crippen molar-refractivity contribution < 1.29 is 14.3 Å². The normalized spacial score (nSPS) is 19.1. The first kappa shape index (κ1) is 20.8. The standard InChI is InChI=1S/C23H29N3O3/c1-4-5-14-26-21(27)13-11-19(22(26)17-7-9-18(29-3)10-8-17)23(28)25-20-12-6-16(2)15-24-20/h6-10,12,15,19,22H,4-5,11,13-14H2,1-3H3,(H,24,25,28)/t19-,22+/m1/s1. The number of pyridine rings is 1. The van der Waals surface area contributed by atoms with Crippen LogP contribution in [0.25, 0.3) is 0 Å². The maximum absolute atomic E-state index is 13.2. The molecule has 2 heterocycles. The molecule has 1 fully saturated rings. The Morgan fingerprint density at radius 1 is 1.24 bits per heavy atom. The Morgan fingerprint density at radius 3 is 2.62 bits per heavy atom. The molecule has 2 atom stereocenters. The highest BCUT2D eigenvalue weighted by atomic mass is 16.5. The number of carbonyl (C=O) groups excluding carboxylic acids is 2. The third kappa shape index (κ3) is 4.94. The first-order chi connectivity index (χ1) is 14.0. The van der Waals surface area contributed by atoms with Crippen molar-refractivity contribution in [1.82, 2.24) is 9.88 Å².